The number of sulfone groups is 1. The molecule has 1 aliphatic heterocycles. The fourth-order valence-corrected chi connectivity index (χ4v) is 8.09. The Morgan fingerprint density at radius 1 is 0.853 bits per heavy atom. The zero-order valence-electron chi connectivity index (χ0n) is 19.4. The van der Waals surface area contributed by atoms with Gasteiger partial charge in [0, 0.05) is 19.1 Å². The smallest absolute Gasteiger partial charge is 0.243 e. The van der Waals surface area contributed by atoms with Crippen LogP contribution in [0.2, 0.25) is 0 Å². The molecule has 180 valence electrons. The molecule has 3 aromatic rings. The van der Waals surface area contributed by atoms with Crippen molar-refractivity contribution in [1.29, 1.82) is 0 Å². The van der Waals surface area contributed by atoms with E-state index in [1.807, 2.05) is 74.5 Å². The predicted molar refractivity (Wildman–Crippen MR) is 135 cm³/mol. The quantitative estimate of drug-likeness (QED) is 0.514. The molecular weight excluding hydrogens is 468 g/mol. The van der Waals surface area contributed by atoms with Crippen LogP contribution in [0, 0.1) is 13.8 Å². The summed E-state index contributed by atoms with van der Waals surface area (Å²) in [6.45, 7) is 4.36. The summed E-state index contributed by atoms with van der Waals surface area (Å²) in [5.41, 5.74) is 3.69. The van der Waals surface area contributed by atoms with Gasteiger partial charge in [-0.1, -0.05) is 66.7 Å². The number of nitrogens with one attached hydrogen (secondary N) is 1. The fourth-order valence-electron chi connectivity index (χ4n) is 4.31. The van der Waals surface area contributed by atoms with E-state index in [2.05, 4.69) is 5.32 Å². The number of hydrogen-bond acceptors (Lipinski definition) is 5. The molecule has 1 fully saturated rings. The fraction of sp³-hybridized carbons (Fsp3) is 0.308. The first-order valence-corrected chi connectivity index (χ1v) is 14.5. The molecule has 0 aromatic heterocycles. The van der Waals surface area contributed by atoms with Crippen LogP contribution in [0.3, 0.4) is 0 Å². The summed E-state index contributed by atoms with van der Waals surface area (Å²) < 4.78 is 54.7. The highest BCUT2D eigenvalue weighted by atomic mass is 32.2. The van der Waals surface area contributed by atoms with Gasteiger partial charge in [0.1, 0.15) is 0 Å². The van der Waals surface area contributed by atoms with Crippen LogP contribution >= 0.6 is 0 Å². The Morgan fingerprint density at radius 2 is 1.47 bits per heavy atom. The van der Waals surface area contributed by atoms with Gasteiger partial charge in [-0.3, -0.25) is 0 Å². The highest BCUT2D eigenvalue weighted by molar-refractivity contribution is 7.92. The van der Waals surface area contributed by atoms with Crippen LogP contribution in [-0.4, -0.2) is 44.7 Å². The van der Waals surface area contributed by atoms with Crippen LogP contribution < -0.4 is 5.32 Å². The van der Waals surface area contributed by atoms with Crippen LogP contribution in [0.5, 0.6) is 0 Å². The lowest BCUT2D eigenvalue weighted by Crippen LogP contribution is -2.51. The number of hydrogen-bond donors (Lipinski definition) is 1. The number of benzene rings is 3. The number of aryl methyl sites for hydroxylation is 2. The zero-order chi connectivity index (χ0) is 24.3. The van der Waals surface area contributed by atoms with Crippen LogP contribution in [0.1, 0.15) is 22.3 Å². The molecule has 34 heavy (non-hydrogen) atoms. The lowest BCUT2D eigenvalue weighted by molar-refractivity contribution is 0.286. The number of rotatable bonds is 8. The van der Waals surface area contributed by atoms with E-state index in [0.29, 0.717) is 6.54 Å². The van der Waals surface area contributed by atoms with E-state index >= 15 is 0 Å². The largest absolute Gasteiger partial charge is 0.307 e. The summed E-state index contributed by atoms with van der Waals surface area (Å²) >= 11 is 0. The minimum atomic E-state index is -3.96. The van der Waals surface area contributed by atoms with Gasteiger partial charge in [-0.05, 0) is 48.2 Å². The molecule has 1 heterocycles. The minimum absolute atomic E-state index is 0.0970. The molecule has 6 nitrogen and oxygen atoms in total. The summed E-state index contributed by atoms with van der Waals surface area (Å²) in [7, 11) is -7.37. The maximum Gasteiger partial charge on any atom is 0.243 e. The maximum atomic E-state index is 13.9. The van der Waals surface area contributed by atoms with Gasteiger partial charge >= 0.3 is 0 Å². The molecule has 0 spiro atoms. The second kappa shape index (κ2) is 10.00. The average Bonchev–Trinajstić information content (AvgIpc) is 3.13. The normalized spacial score (nSPS) is 20.0. The third-order valence-electron chi connectivity index (χ3n) is 6.37. The molecule has 1 aliphatic rings. The molecule has 0 amide bonds. The zero-order valence-corrected chi connectivity index (χ0v) is 21.0. The monoisotopic (exact) mass is 498 g/mol. The summed E-state index contributed by atoms with van der Waals surface area (Å²) in [6.07, 6.45) is 0. The van der Waals surface area contributed by atoms with Crippen LogP contribution in [0.4, 0.5) is 0 Å². The van der Waals surface area contributed by atoms with Crippen molar-refractivity contribution in [3.05, 3.63) is 101 Å². The molecule has 0 radical (unpaired) electrons. The van der Waals surface area contributed by atoms with Gasteiger partial charge in [0.2, 0.25) is 10.0 Å². The third-order valence-corrected chi connectivity index (χ3v) is 9.95. The van der Waals surface area contributed by atoms with E-state index in [4.69, 9.17) is 0 Å². The van der Waals surface area contributed by atoms with Crippen molar-refractivity contribution in [2.24, 2.45) is 0 Å². The second-order valence-corrected chi connectivity index (χ2v) is 12.9. The maximum absolute atomic E-state index is 13.9. The van der Waals surface area contributed by atoms with Crippen molar-refractivity contribution in [2.75, 3.05) is 11.5 Å². The standard InChI is InChI=1S/C26H30N2O4S2/c1-20-13-14-24(15-21(20)2)34(31,32)28(17-23-11-7-4-8-12-23)26-19-33(29,30)18-25(26)27-16-22-9-5-3-6-10-22/h3-15,25-27H,16-19H2,1-2H3/t25-,26-/m0/s1. The Hall–Kier alpha value is -2.52. The number of nitrogens with zero attached hydrogens (tertiary/aromatic N) is 1. The van der Waals surface area contributed by atoms with Gasteiger partial charge in [-0.15, -0.1) is 0 Å². The van der Waals surface area contributed by atoms with Crippen molar-refractivity contribution in [3.63, 3.8) is 0 Å². The van der Waals surface area contributed by atoms with Gasteiger partial charge in [-0.2, -0.15) is 4.31 Å². The summed E-state index contributed by atoms with van der Waals surface area (Å²) in [6, 6.07) is 22.8. The van der Waals surface area contributed by atoms with Crippen molar-refractivity contribution >= 4 is 19.9 Å². The molecule has 2 atom stereocenters. The Labute approximate surface area is 202 Å². The Kier molecular flexibility index (Phi) is 7.23. The molecule has 0 unspecified atom stereocenters. The molecule has 0 saturated carbocycles. The van der Waals surface area contributed by atoms with Crippen LogP contribution in [0.25, 0.3) is 0 Å². The van der Waals surface area contributed by atoms with Crippen molar-refractivity contribution in [1.82, 2.24) is 9.62 Å². The van der Waals surface area contributed by atoms with Gasteiger partial charge in [0.05, 0.1) is 22.4 Å². The van der Waals surface area contributed by atoms with E-state index in [1.54, 1.807) is 18.2 Å². The average molecular weight is 499 g/mol. The third kappa shape index (κ3) is 5.58. The van der Waals surface area contributed by atoms with Crippen molar-refractivity contribution in [3.8, 4) is 0 Å². The molecule has 1 N–H and O–H groups in total. The van der Waals surface area contributed by atoms with Crippen LogP contribution in [0.15, 0.2) is 83.8 Å². The Bertz CT molecular complexity index is 1340. The van der Waals surface area contributed by atoms with Gasteiger partial charge in [-0.25, -0.2) is 16.8 Å². The second-order valence-electron chi connectivity index (χ2n) is 8.90. The SMILES string of the molecule is Cc1ccc(S(=O)(=O)N(Cc2ccccc2)[C@H]2CS(=O)(=O)C[C@@H]2NCc2ccccc2)cc1C. The predicted octanol–water partition coefficient (Wildman–Crippen LogP) is 3.45. The highest BCUT2D eigenvalue weighted by Gasteiger charge is 2.45. The van der Waals surface area contributed by atoms with E-state index < -0.39 is 31.9 Å². The van der Waals surface area contributed by atoms with E-state index in [9.17, 15) is 16.8 Å². The first-order chi connectivity index (χ1) is 16.2. The Morgan fingerprint density at radius 3 is 2.09 bits per heavy atom. The summed E-state index contributed by atoms with van der Waals surface area (Å²) in [5, 5.41) is 3.33. The summed E-state index contributed by atoms with van der Waals surface area (Å²) in [4.78, 5) is 0.178. The topological polar surface area (TPSA) is 83.6 Å². The van der Waals surface area contributed by atoms with Gasteiger partial charge in [0.25, 0.3) is 0 Å². The molecule has 3 aromatic carbocycles. The molecular formula is C26H30N2O4S2. The van der Waals surface area contributed by atoms with Gasteiger partial charge in [0.15, 0.2) is 9.84 Å². The first-order valence-electron chi connectivity index (χ1n) is 11.3. The lowest BCUT2D eigenvalue weighted by Gasteiger charge is -2.32. The molecule has 0 aliphatic carbocycles. The molecule has 8 heteroatoms. The van der Waals surface area contributed by atoms with Crippen molar-refractivity contribution < 1.29 is 16.8 Å². The molecule has 4 rings (SSSR count). The molecule has 1 saturated heterocycles. The highest BCUT2D eigenvalue weighted by Crippen LogP contribution is 2.28. The first kappa shape index (κ1) is 24.6. The number of sulfonamides is 1. The van der Waals surface area contributed by atoms with E-state index in [0.717, 1.165) is 22.3 Å². The minimum Gasteiger partial charge on any atom is -0.307 e. The van der Waals surface area contributed by atoms with Gasteiger partial charge < -0.3 is 5.32 Å². The van der Waals surface area contributed by atoms with E-state index in [1.165, 1.54) is 4.31 Å². The van der Waals surface area contributed by atoms with E-state index in [-0.39, 0.29) is 22.9 Å². The Balaban J connectivity index is 1.72. The molecule has 0 bridgehead atoms. The van der Waals surface area contributed by atoms with Crippen LogP contribution in [-0.2, 0) is 33.0 Å². The lowest BCUT2D eigenvalue weighted by atomic mass is 10.1. The summed E-state index contributed by atoms with van der Waals surface area (Å²) in [5.74, 6) is -0.311. The van der Waals surface area contributed by atoms with Crippen molar-refractivity contribution in [2.45, 2.75) is 43.9 Å².